The van der Waals surface area contributed by atoms with Crippen molar-refractivity contribution in [2.45, 2.75) is 6.42 Å². The van der Waals surface area contributed by atoms with Crippen LogP contribution < -0.4 is 4.90 Å². The lowest BCUT2D eigenvalue weighted by atomic mass is 10.1. The van der Waals surface area contributed by atoms with Crippen molar-refractivity contribution >= 4 is 23.2 Å². The number of anilines is 1. The summed E-state index contributed by atoms with van der Waals surface area (Å²) >= 11 is 0. The van der Waals surface area contributed by atoms with Gasteiger partial charge in [-0.1, -0.05) is 18.2 Å². The Labute approximate surface area is 155 Å². The molecule has 0 aromatic heterocycles. The summed E-state index contributed by atoms with van der Waals surface area (Å²) in [6.45, 7) is 0.683. The average molecular weight is 369 g/mol. The van der Waals surface area contributed by atoms with Gasteiger partial charge in [0.2, 0.25) is 5.91 Å². The van der Waals surface area contributed by atoms with Gasteiger partial charge in [0.15, 0.2) is 5.75 Å². The quantitative estimate of drug-likeness (QED) is 0.658. The molecule has 0 aliphatic carbocycles. The molecular formula is C19H19N3O5. The summed E-state index contributed by atoms with van der Waals surface area (Å²) in [5.41, 5.74) is 0.487. The van der Waals surface area contributed by atoms with E-state index in [9.17, 15) is 24.8 Å². The van der Waals surface area contributed by atoms with Crippen LogP contribution in [0.15, 0.2) is 48.5 Å². The van der Waals surface area contributed by atoms with Crippen LogP contribution in [0.4, 0.5) is 11.4 Å². The van der Waals surface area contributed by atoms with Crippen LogP contribution in [0, 0.1) is 16.0 Å². The van der Waals surface area contributed by atoms with Crippen molar-refractivity contribution in [3.8, 4) is 5.75 Å². The predicted octanol–water partition coefficient (Wildman–Crippen LogP) is 2.43. The van der Waals surface area contributed by atoms with E-state index >= 15 is 0 Å². The first-order valence-corrected chi connectivity index (χ1v) is 8.47. The van der Waals surface area contributed by atoms with Gasteiger partial charge in [0.1, 0.15) is 0 Å². The van der Waals surface area contributed by atoms with Crippen LogP contribution in [0.2, 0.25) is 0 Å². The Hall–Kier alpha value is -3.42. The van der Waals surface area contributed by atoms with E-state index in [1.165, 1.54) is 11.0 Å². The molecule has 0 spiro atoms. The third-order valence-corrected chi connectivity index (χ3v) is 4.72. The SMILES string of the molecule is CN(C(=O)C1CCN(C(=O)c2ccc([N+](=O)[O-])c(O)c2)C1)c1ccccc1. The number of hydrogen-bond donors (Lipinski definition) is 1. The molecule has 1 aliphatic heterocycles. The zero-order valence-electron chi connectivity index (χ0n) is 14.7. The third-order valence-electron chi connectivity index (χ3n) is 4.72. The molecule has 2 aromatic carbocycles. The van der Waals surface area contributed by atoms with Gasteiger partial charge in [0, 0.05) is 37.5 Å². The Kier molecular flexibility index (Phi) is 5.07. The van der Waals surface area contributed by atoms with E-state index in [0.29, 0.717) is 13.0 Å². The molecule has 27 heavy (non-hydrogen) atoms. The second-order valence-corrected chi connectivity index (χ2v) is 6.43. The van der Waals surface area contributed by atoms with Gasteiger partial charge in [-0.25, -0.2) is 0 Å². The van der Waals surface area contributed by atoms with Crippen molar-refractivity contribution in [2.24, 2.45) is 5.92 Å². The first kappa shape index (κ1) is 18.4. The topological polar surface area (TPSA) is 104 Å². The molecule has 1 N–H and O–H groups in total. The number of phenols is 1. The first-order chi connectivity index (χ1) is 12.9. The second kappa shape index (κ2) is 7.45. The smallest absolute Gasteiger partial charge is 0.310 e. The van der Waals surface area contributed by atoms with Gasteiger partial charge in [-0.15, -0.1) is 0 Å². The molecule has 8 nitrogen and oxygen atoms in total. The summed E-state index contributed by atoms with van der Waals surface area (Å²) in [7, 11) is 1.70. The minimum Gasteiger partial charge on any atom is -0.502 e. The zero-order chi connectivity index (χ0) is 19.6. The fourth-order valence-electron chi connectivity index (χ4n) is 3.19. The summed E-state index contributed by atoms with van der Waals surface area (Å²) in [6, 6.07) is 12.8. The van der Waals surface area contributed by atoms with Crippen molar-refractivity contribution in [3.63, 3.8) is 0 Å². The Bertz CT molecular complexity index is 884. The molecule has 140 valence electrons. The molecule has 0 bridgehead atoms. The number of para-hydroxylation sites is 1. The summed E-state index contributed by atoms with van der Waals surface area (Å²) < 4.78 is 0. The Morgan fingerprint density at radius 3 is 2.56 bits per heavy atom. The van der Waals surface area contributed by atoms with Gasteiger partial charge in [-0.2, -0.15) is 0 Å². The normalized spacial score (nSPS) is 16.2. The number of phenolic OH excluding ortho intramolecular Hbond substituents is 1. The van der Waals surface area contributed by atoms with Crippen LogP contribution in [0.5, 0.6) is 5.75 Å². The highest BCUT2D eigenvalue weighted by Gasteiger charge is 2.33. The molecule has 2 amide bonds. The van der Waals surface area contributed by atoms with Gasteiger partial charge in [0.05, 0.1) is 10.8 Å². The first-order valence-electron chi connectivity index (χ1n) is 8.47. The van der Waals surface area contributed by atoms with Crippen molar-refractivity contribution in [3.05, 3.63) is 64.2 Å². The summed E-state index contributed by atoms with van der Waals surface area (Å²) in [5, 5.41) is 20.5. The molecule has 1 heterocycles. The summed E-state index contributed by atoms with van der Waals surface area (Å²) in [5.74, 6) is -1.30. The van der Waals surface area contributed by atoms with Crippen LogP contribution in [-0.2, 0) is 4.79 Å². The van der Waals surface area contributed by atoms with Crippen LogP contribution in [-0.4, -0.2) is 46.9 Å². The molecule has 8 heteroatoms. The Morgan fingerprint density at radius 1 is 1.22 bits per heavy atom. The highest BCUT2D eigenvalue weighted by atomic mass is 16.6. The maximum Gasteiger partial charge on any atom is 0.310 e. The highest BCUT2D eigenvalue weighted by molar-refractivity contribution is 5.98. The minimum absolute atomic E-state index is 0.0666. The molecule has 0 saturated carbocycles. The second-order valence-electron chi connectivity index (χ2n) is 6.43. The number of nitro benzene ring substituents is 1. The zero-order valence-corrected chi connectivity index (χ0v) is 14.7. The number of carbonyl (C=O) groups excluding carboxylic acids is 2. The van der Waals surface area contributed by atoms with E-state index in [-0.39, 0.29) is 29.8 Å². The van der Waals surface area contributed by atoms with Crippen LogP contribution in [0.3, 0.4) is 0 Å². The van der Waals surface area contributed by atoms with Gasteiger partial charge >= 0.3 is 5.69 Å². The lowest BCUT2D eigenvalue weighted by molar-refractivity contribution is -0.385. The standard InChI is InChI=1S/C19H19N3O5/c1-20(15-5-3-2-4-6-15)18(24)14-9-10-21(12-14)19(25)13-7-8-16(22(26)27)17(23)11-13/h2-8,11,14,23H,9-10,12H2,1H3. The number of benzene rings is 2. The number of aromatic hydroxyl groups is 1. The molecule has 1 atom stereocenters. The van der Waals surface area contributed by atoms with Crippen LogP contribution >= 0.6 is 0 Å². The molecular weight excluding hydrogens is 350 g/mol. The van der Waals surface area contributed by atoms with E-state index in [0.717, 1.165) is 17.8 Å². The lowest BCUT2D eigenvalue weighted by Gasteiger charge is -2.21. The van der Waals surface area contributed by atoms with Crippen molar-refractivity contribution in [2.75, 3.05) is 25.0 Å². The number of nitro groups is 1. The van der Waals surface area contributed by atoms with E-state index in [1.807, 2.05) is 30.3 Å². The van der Waals surface area contributed by atoms with E-state index in [4.69, 9.17) is 0 Å². The van der Waals surface area contributed by atoms with Gasteiger partial charge in [-0.3, -0.25) is 19.7 Å². The monoisotopic (exact) mass is 369 g/mol. The molecule has 0 radical (unpaired) electrons. The van der Waals surface area contributed by atoms with Gasteiger partial charge < -0.3 is 14.9 Å². The van der Waals surface area contributed by atoms with Crippen LogP contribution in [0.1, 0.15) is 16.8 Å². The number of carbonyl (C=O) groups is 2. The summed E-state index contributed by atoms with van der Waals surface area (Å²) in [6.07, 6.45) is 0.542. The molecule has 1 unspecified atom stereocenters. The fourth-order valence-corrected chi connectivity index (χ4v) is 3.19. The molecule has 2 aromatic rings. The van der Waals surface area contributed by atoms with E-state index < -0.39 is 16.4 Å². The Morgan fingerprint density at radius 2 is 1.93 bits per heavy atom. The number of amides is 2. The third kappa shape index (κ3) is 3.74. The molecule has 1 saturated heterocycles. The Balaban J connectivity index is 1.68. The van der Waals surface area contributed by atoms with Crippen molar-refractivity contribution in [1.82, 2.24) is 4.90 Å². The van der Waals surface area contributed by atoms with Gasteiger partial charge in [0.25, 0.3) is 5.91 Å². The average Bonchev–Trinajstić information content (AvgIpc) is 3.16. The highest BCUT2D eigenvalue weighted by Crippen LogP contribution is 2.28. The number of hydrogen-bond acceptors (Lipinski definition) is 5. The van der Waals surface area contributed by atoms with Crippen molar-refractivity contribution < 1.29 is 19.6 Å². The number of likely N-dealkylation sites (tertiary alicyclic amines) is 1. The van der Waals surface area contributed by atoms with E-state index in [1.54, 1.807) is 11.9 Å². The van der Waals surface area contributed by atoms with E-state index in [2.05, 4.69) is 0 Å². The largest absolute Gasteiger partial charge is 0.502 e. The predicted molar refractivity (Wildman–Crippen MR) is 98.6 cm³/mol. The van der Waals surface area contributed by atoms with Crippen molar-refractivity contribution in [1.29, 1.82) is 0 Å². The number of nitrogens with zero attached hydrogens (tertiary/aromatic N) is 3. The fraction of sp³-hybridized carbons (Fsp3) is 0.263. The summed E-state index contributed by atoms with van der Waals surface area (Å²) in [4.78, 5) is 38.5. The molecule has 1 fully saturated rings. The maximum absolute atomic E-state index is 12.7. The number of rotatable bonds is 4. The van der Waals surface area contributed by atoms with Gasteiger partial charge in [-0.05, 0) is 30.7 Å². The lowest BCUT2D eigenvalue weighted by Crippen LogP contribution is -2.36. The molecule has 3 rings (SSSR count). The van der Waals surface area contributed by atoms with Crippen LogP contribution in [0.25, 0.3) is 0 Å². The molecule has 1 aliphatic rings. The minimum atomic E-state index is -0.715. The maximum atomic E-state index is 12.7.